The molecule has 0 aromatic carbocycles. The quantitative estimate of drug-likeness (QED) is 0.348. The van der Waals surface area contributed by atoms with E-state index in [4.69, 9.17) is 4.79 Å². The molecule has 0 N–H and O–H groups in total. The third-order valence-electron chi connectivity index (χ3n) is 0.926. The number of hydrogen-bond donors (Lipinski definition) is 0. The number of carbonyl (C=O) groups is 2. The van der Waals surface area contributed by atoms with Crippen LogP contribution in [0.2, 0.25) is 0 Å². The Kier molecular flexibility index (Phi) is 3.35. The maximum atomic E-state index is 10.3. The highest BCUT2D eigenvalue weighted by molar-refractivity contribution is 5.89. The van der Waals surface area contributed by atoms with Crippen molar-refractivity contribution < 1.29 is 14.3 Å². The van der Waals surface area contributed by atoms with Crippen molar-refractivity contribution >= 4 is 12.8 Å². The molecule has 0 atom stereocenters. The molecule has 1 fully saturated rings. The van der Waals surface area contributed by atoms with E-state index in [1.165, 1.54) is 0 Å². The van der Waals surface area contributed by atoms with Gasteiger partial charge in [-0.25, -0.2) is 4.79 Å². The van der Waals surface area contributed by atoms with Gasteiger partial charge in [-0.1, -0.05) is 6.58 Å². The average molecular weight is 128 g/mol. The van der Waals surface area contributed by atoms with Gasteiger partial charge < -0.3 is 9.53 Å². The Morgan fingerprint density at radius 3 is 2.11 bits per heavy atom. The van der Waals surface area contributed by atoms with Crippen LogP contribution in [0.25, 0.3) is 0 Å². The van der Waals surface area contributed by atoms with Gasteiger partial charge in [0.05, 0.1) is 6.61 Å². The van der Waals surface area contributed by atoms with Crippen LogP contribution in [0, 0.1) is 0 Å². The third-order valence-corrected chi connectivity index (χ3v) is 0.926. The van der Waals surface area contributed by atoms with Crippen LogP contribution in [-0.4, -0.2) is 19.4 Å². The first-order valence-corrected chi connectivity index (χ1v) is 2.44. The minimum Gasteiger partial charge on any atom is -0.462 e. The van der Waals surface area contributed by atoms with Crippen LogP contribution in [0.5, 0.6) is 0 Å². The standard InChI is InChI=1S/C5H6O2.CH2O/c1-4-2-3-7-5(4)6;1-2/h1-3H2;1H2. The first kappa shape index (κ1) is 7.88. The van der Waals surface area contributed by atoms with Crippen LogP contribution in [0.15, 0.2) is 12.2 Å². The van der Waals surface area contributed by atoms with Gasteiger partial charge >= 0.3 is 5.97 Å². The van der Waals surface area contributed by atoms with Gasteiger partial charge in [-0.15, -0.1) is 0 Å². The molecule has 0 unspecified atom stereocenters. The Hall–Kier alpha value is -1.12. The second-order valence-electron chi connectivity index (χ2n) is 1.49. The average Bonchev–Trinajstić information content (AvgIpc) is 2.23. The molecular weight excluding hydrogens is 120 g/mol. The van der Waals surface area contributed by atoms with Gasteiger partial charge in [0, 0.05) is 12.0 Å². The number of carbonyl (C=O) groups excluding carboxylic acids is 2. The van der Waals surface area contributed by atoms with Gasteiger partial charge in [-0.2, -0.15) is 0 Å². The monoisotopic (exact) mass is 128 g/mol. The lowest BCUT2D eigenvalue weighted by Crippen LogP contribution is -1.91. The highest BCUT2D eigenvalue weighted by atomic mass is 16.5. The van der Waals surface area contributed by atoms with Crippen LogP contribution in [0.4, 0.5) is 0 Å². The van der Waals surface area contributed by atoms with Crippen molar-refractivity contribution in [2.24, 2.45) is 0 Å². The lowest BCUT2D eigenvalue weighted by atomic mass is 10.3. The summed E-state index contributed by atoms with van der Waals surface area (Å²) in [5.74, 6) is -0.236. The minimum absolute atomic E-state index is 0.236. The van der Waals surface area contributed by atoms with E-state index < -0.39 is 0 Å². The Morgan fingerprint density at radius 2 is 2.00 bits per heavy atom. The fourth-order valence-electron chi connectivity index (χ4n) is 0.471. The van der Waals surface area contributed by atoms with Gasteiger partial charge in [-0.3, -0.25) is 0 Å². The van der Waals surface area contributed by atoms with Crippen molar-refractivity contribution in [3.63, 3.8) is 0 Å². The van der Waals surface area contributed by atoms with Gasteiger partial charge in [0.1, 0.15) is 6.79 Å². The van der Waals surface area contributed by atoms with Gasteiger partial charge in [0.25, 0.3) is 0 Å². The normalized spacial score (nSPS) is 16.0. The molecule has 0 amide bonds. The first-order chi connectivity index (χ1) is 4.30. The highest BCUT2D eigenvalue weighted by Crippen LogP contribution is 2.08. The second kappa shape index (κ2) is 3.83. The smallest absolute Gasteiger partial charge is 0.333 e. The number of ether oxygens (including phenoxy) is 1. The Morgan fingerprint density at radius 1 is 1.44 bits per heavy atom. The SMILES string of the molecule is C=C1CCOC1=O.C=O. The van der Waals surface area contributed by atoms with E-state index in [1.807, 2.05) is 6.79 Å². The van der Waals surface area contributed by atoms with Crippen LogP contribution < -0.4 is 0 Å². The van der Waals surface area contributed by atoms with E-state index in [0.29, 0.717) is 18.6 Å². The van der Waals surface area contributed by atoms with E-state index in [1.54, 1.807) is 0 Å². The fraction of sp³-hybridized carbons (Fsp3) is 0.333. The van der Waals surface area contributed by atoms with Crippen molar-refractivity contribution in [3.05, 3.63) is 12.2 Å². The molecule has 1 heterocycles. The molecule has 50 valence electrons. The first-order valence-electron chi connectivity index (χ1n) is 2.44. The Labute approximate surface area is 53.3 Å². The molecule has 0 saturated carbocycles. The summed E-state index contributed by atoms with van der Waals surface area (Å²) in [5.41, 5.74) is 0.597. The molecule has 0 aromatic rings. The topological polar surface area (TPSA) is 43.4 Å². The molecule has 1 aliphatic heterocycles. The van der Waals surface area contributed by atoms with Crippen LogP contribution in [-0.2, 0) is 14.3 Å². The van der Waals surface area contributed by atoms with E-state index in [2.05, 4.69) is 11.3 Å². The summed E-state index contributed by atoms with van der Waals surface area (Å²) in [7, 11) is 0. The van der Waals surface area contributed by atoms with Crippen molar-refractivity contribution in [1.82, 2.24) is 0 Å². The van der Waals surface area contributed by atoms with Gasteiger partial charge in [0.2, 0.25) is 0 Å². The Bertz CT molecular complexity index is 114. The van der Waals surface area contributed by atoms with E-state index >= 15 is 0 Å². The maximum Gasteiger partial charge on any atom is 0.333 e. The summed E-state index contributed by atoms with van der Waals surface area (Å²) in [5, 5.41) is 0. The number of esters is 1. The molecule has 0 spiro atoms. The second-order valence-corrected chi connectivity index (χ2v) is 1.49. The van der Waals surface area contributed by atoms with E-state index in [0.717, 1.165) is 0 Å². The Balaban J connectivity index is 0.000000291. The zero-order valence-electron chi connectivity index (χ0n) is 5.05. The van der Waals surface area contributed by atoms with Crippen LogP contribution >= 0.6 is 0 Å². The van der Waals surface area contributed by atoms with Crippen molar-refractivity contribution in [2.75, 3.05) is 6.61 Å². The molecule has 0 bridgehead atoms. The van der Waals surface area contributed by atoms with Gasteiger partial charge in [0.15, 0.2) is 0 Å². The largest absolute Gasteiger partial charge is 0.462 e. The summed E-state index contributed by atoms with van der Waals surface area (Å²) >= 11 is 0. The third kappa shape index (κ3) is 2.08. The van der Waals surface area contributed by atoms with E-state index in [9.17, 15) is 4.79 Å². The summed E-state index contributed by atoms with van der Waals surface area (Å²) in [4.78, 5) is 18.3. The van der Waals surface area contributed by atoms with Crippen LogP contribution in [0.1, 0.15) is 6.42 Å². The lowest BCUT2D eigenvalue weighted by molar-refractivity contribution is -0.135. The molecule has 1 saturated heterocycles. The number of cyclic esters (lactones) is 1. The van der Waals surface area contributed by atoms with Crippen molar-refractivity contribution in [1.29, 1.82) is 0 Å². The minimum atomic E-state index is -0.236. The van der Waals surface area contributed by atoms with Crippen molar-refractivity contribution in [3.8, 4) is 0 Å². The summed E-state index contributed by atoms with van der Waals surface area (Å²) < 4.78 is 4.53. The van der Waals surface area contributed by atoms with Crippen molar-refractivity contribution in [2.45, 2.75) is 6.42 Å². The molecule has 9 heavy (non-hydrogen) atoms. The zero-order chi connectivity index (χ0) is 7.28. The molecule has 1 rings (SSSR count). The predicted molar refractivity (Wildman–Crippen MR) is 31.8 cm³/mol. The molecule has 0 aromatic heterocycles. The fourth-order valence-corrected chi connectivity index (χ4v) is 0.471. The molecule has 3 heteroatoms. The molecular formula is C6H8O3. The summed E-state index contributed by atoms with van der Waals surface area (Å²) in [6, 6.07) is 0. The summed E-state index contributed by atoms with van der Waals surface area (Å²) in [6.45, 7) is 5.99. The van der Waals surface area contributed by atoms with E-state index in [-0.39, 0.29) is 5.97 Å². The maximum absolute atomic E-state index is 10.3. The van der Waals surface area contributed by atoms with Gasteiger partial charge in [-0.05, 0) is 0 Å². The number of rotatable bonds is 0. The molecule has 0 aliphatic carbocycles. The lowest BCUT2D eigenvalue weighted by Gasteiger charge is -1.82. The molecule has 1 aliphatic rings. The molecule has 0 radical (unpaired) electrons. The zero-order valence-corrected chi connectivity index (χ0v) is 5.05. The highest BCUT2D eigenvalue weighted by Gasteiger charge is 2.14. The molecule has 3 nitrogen and oxygen atoms in total. The number of hydrogen-bond acceptors (Lipinski definition) is 3. The summed E-state index contributed by atoms with van der Waals surface area (Å²) in [6.07, 6.45) is 0.707. The predicted octanol–water partition coefficient (Wildman–Crippen LogP) is 0.305. The van der Waals surface area contributed by atoms with Crippen LogP contribution in [0.3, 0.4) is 0 Å².